The summed E-state index contributed by atoms with van der Waals surface area (Å²) in [5.74, 6) is -0.554. The third-order valence-electron chi connectivity index (χ3n) is 3.22. The first-order chi connectivity index (χ1) is 11.6. The third kappa shape index (κ3) is 3.72. The molecule has 3 rings (SSSR count). The van der Waals surface area contributed by atoms with Gasteiger partial charge in [-0.15, -0.1) is 11.3 Å². The molecular formula is C16H13N3O3S2. The smallest absolute Gasteiger partial charge is 0.293 e. The van der Waals surface area contributed by atoms with Gasteiger partial charge >= 0.3 is 0 Å². The zero-order chi connectivity index (χ0) is 16.9. The van der Waals surface area contributed by atoms with Crippen LogP contribution in [0.4, 0.5) is 4.79 Å². The Balaban J connectivity index is 1.59. The van der Waals surface area contributed by atoms with Crippen LogP contribution in [0.5, 0.6) is 0 Å². The van der Waals surface area contributed by atoms with Gasteiger partial charge in [0.05, 0.1) is 9.78 Å². The average Bonchev–Trinajstić information content (AvgIpc) is 3.20. The molecule has 8 heteroatoms. The summed E-state index contributed by atoms with van der Waals surface area (Å²) in [5, 5.41) is 4.19. The molecule has 0 atom stereocenters. The summed E-state index contributed by atoms with van der Waals surface area (Å²) in [7, 11) is 0. The van der Waals surface area contributed by atoms with Crippen LogP contribution in [0.25, 0.3) is 6.08 Å². The molecule has 6 nitrogen and oxygen atoms in total. The summed E-state index contributed by atoms with van der Waals surface area (Å²) < 4.78 is 0. The molecule has 0 radical (unpaired) electrons. The lowest BCUT2D eigenvalue weighted by Crippen LogP contribution is -2.37. The Morgan fingerprint density at radius 2 is 2.17 bits per heavy atom. The van der Waals surface area contributed by atoms with Crippen molar-refractivity contribution in [2.24, 2.45) is 0 Å². The second-order valence-electron chi connectivity index (χ2n) is 4.85. The van der Waals surface area contributed by atoms with Gasteiger partial charge in [0.1, 0.15) is 0 Å². The fourth-order valence-corrected chi connectivity index (χ4v) is 3.59. The van der Waals surface area contributed by atoms with Crippen LogP contribution >= 0.6 is 23.1 Å². The topological polar surface area (TPSA) is 79.4 Å². The molecule has 0 bridgehead atoms. The van der Waals surface area contributed by atoms with E-state index in [1.165, 1.54) is 11.3 Å². The van der Waals surface area contributed by atoms with Crippen molar-refractivity contribution < 1.29 is 14.4 Å². The molecule has 2 aromatic rings. The van der Waals surface area contributed by atoms with E-state index in [9.17, 15) is 14.4 Å². The van der Waals surface area contributed by atoms with Crippen molar-refractivity contribution in [3.8, 4) is 0 Å². The van der Waals surface area contributed by atoms with E-state index in [1.807, 2.05) is 11.4 Å². The van der Waals surface area contributed by atoms with E-state index in [0.717, 1.165) is 22.2 Å². The van der Waals surface area contributed by atoms with Gasteiger partial charge in [-0.05, 0) is 40.9 Å². The minimum atomic E-state index is -0.348. The zero-order valence-electron chi connectivity index (χ0n) is 12.5. The molecule has 1 aliphatic heterocycles. The fraction of sp³-hybridized carbons (Fsp3) is 0.125. The number of imide groups is 1. The molecule has 1 saturated heterocycles. The number of aromatic nitrogens is 1. The predicted molar refractivity (Wildman–Crippen MR) is 93.6 cm³/mol. The van der Waals surface area contributed by atoms with Crippen LogP contribution in [0, 0.1) is 0 Å². The highest BCUT2D eigenvalue weighted by Gasteiger charge is 2.34. The highest BCUT2D eigenvalue weighted by Crippen LogP contribution is 2.31. The molecule has 1 aliphatic rings. The summed E-state index contributed by atoms with van der Waals surface area (Å²) in [5.41, 5.74) is 0.758. The zero-order valence-corrected chi connectivity index (χ0v) is 14.1. The molecule has 0 aromatic carbocycles. The van der Waals surface area contributed by atoms with Crippen molar-refractivity contribution >= 4 is 46.2 Å². The fourth-order valence-electron chi connectivity index (χ4n) is 2.08. The van der Waals surface area contributed by atoms with Crippen molar-refractivity contribution in [1.29, 1.82) is 0 Å². The van der Waals surface area contributed by atoms with Gasteiger partial charge in [-0.2, -0.15) is 0 Å². The number of hydrogen-bond donors (Lipinski definition) is 1. The van der Waals surface area contributed by atoms with Crippen molar-refractivity contribution in [2.45, 2.75) is 0 Å². The van der Waals surface area contributed by atoms with Crippen LogP contribution < -0.4 is 5.32 Å². The van der Waals surface area contributed by atoms with Crippen molar-refractivity contribution in [3.63, 3.8) is 0 Å². The van der Waals surface area contributed by atoms with Crippen LogP contribution in [0.3, 0.4) is 0 Å². The average molecular weight is 359 g/mol. The van der Waals surface area contributed by atoms with E-state index in [1.54, 1.807) is 36.7 Å². The molecule has 24 heavy (non-hydrogen) atoms. The maximum atomic E-state index is 12.3. The predicted octanol–water partition coefficient (Wildman–Crippen LogP) is 2.61. The summed E-state index contributed by atoms with van der Waals surface area (Å²) in [6, 6.07) is 7.08. The highest BCUT2D eigenvalue weighted by atomic mass is 32.2. The number of thioether (sulfide) groups is 1. The van der Waals surface area contributed by atoms with Gasteiger partial charge in [0.25, 0.3) is 17.1 Å². The third-order valence-corrected chi connectivity index (χ3v) is 5.00. The van der Waals surface area contributed by atoms with Gasteiger partial charge in [0, 0.05) is 25.5 Å². The lowest BCUT2D eigenvalue weighted by molar-refractivity contribution is -0.122. The molecule has 3 heterocycles. The van der Waals surface area contributed by atoms with Gasteiger partial charge in [0.15, 0.2) is 0 Å². The lowest BCUT2D eigenvalue weighted by Gasteiger charge is -2.12. The molecule has 3 amide bonds. The standard InChI is InChI=1S/C16H13N3O3S2/c20-14(12-4-2-8-23-12)18-6-7-19-15(21)13(24-16(19)22)9-11-3-1-5-17-10-11/h1-5,8-10H,6-7H2,(H,18,20)/b13-9-. The first kappa shape index (κ1) is 16.4. The highest BCUT2D eigenvalue weighted by molar-refractivity contribution is 8.18. The number of amides is 3. The van der Waals surface area contributed by atoms with Gasteiger partial charge in [-0.3, -0.25) is 24.3 Å². The van der Waals surface area contributed by atoms with Crippen LogP contribution in [0.1, 0.15) is 15.2 Å². The quantitative estimate of drug-likeness (QED) is 0.830. The van der Waals surface area contributed by atoms with Crippen LogP contribution in [-0.4, -0.2) is 40.0 Å². The van der Waals surface area contributed by atoms with E-state index in [2.05, 4.69) is 10.3 Å². The molecule has 0 unspecified atom stereocenters. The molecule has 0 spiro atoms. The monoisotopic (exact) mass is 359 g/mol. The number of hydrogen-bond acceptors (Lipinski definition) is 6. The van der Waals surface area contributed by atoms with Gasteiger partial charge < -0.3 is 5.32 Å². The second kappa shape index (κ2) is 7.41. The Hall–Kier alpha value is -2.45. The maximum Gasteiger partial charge on any atom is 0.293 e. The van der Waals surface area contributed by atoms with E-state index in [4.69, 9.17) is 0 Å². The number of thiophene rings is 1. The summed E-state index contributed by atoms with van der Waals surface area (Å²) >= 11 is 2.23. The van der Waals surface area contributed by atoms with E-state index >= 15 is 0 Å². The number of rotatable bonds is 5. The van der Waals surface area contributed by atoms with Gasteiger partial charge in [-0.25, -0.2) is 0 Å². The largest absolute Gasteiger partial charge is 0.350 e. The Bertz CT molecular complexity index is 788. The van der Waals surface area contributed by atoms with E-state index < -0.39 is 0 Å². The number of carbonyl (C=O) groups excluding carboxylic acids is 3. The normalized spacial score (nSPS) is 16.0. The lowest BCUT2D eigenvalue weighted by atomic mass is 10.2. The number of nitrogens with one attached hydrogen (secondary N) is 1. The minimum Gasteiger partial charge on any atom is -0.350 e. The van der Waals surface area contributed by atoms with Crippen molar-refractivity contribution in [1.82, 2.24) is 15.2 Å². The summed E-state index contributed by atoms with van der Waals surface area (Å²) in [4.78, 5) is 42.2. The van der Waals surface area contributed by atoms with Crippen LogP contribution in [-0.2, 0) is 4.79 Å². The minimum absolute atomic E-state index is 0.145. The van der Waals surface area contributed by atoms with Crippen LogP contribution in [0.2, 0.25) is 0 Å². The molecule has 122 valence electrons. The molecule has 2 aromatic heterocycles. The molecule has 0 saturated carbocycles. The van der Waals surface area contributed by atoms with Gasteiger partial charge in [0.2, 0.25) is 0 Å². The SMILES string of the molecule is O=C(NCCN1C(=O)S/C(=C\c2cccnc2)C1=O)c1cccs1. The maximum absolute atomic E-state index is 12.3. The molecule has 0 aliphatic carbocycles. The summed E-state index contributed by atoms with van der Waals surface area (Å²) in [6.07, 6.45) is 4.90. The molecule has 1 fully saturated rings. The first-order valence-corrected chi connectivity index (χ1v) is 8.82. The van der Waals surface area contributed by atoms with Gasteiger partial charge in [-0.1, -0.05) is 12.1 Å². The van der Waals surface area contributed by atoms with Crippen LogP contribution in [0.15, 0.2) is 46.9 Å². The second-order valence-corrected chi connectivity index (χ2v) is 6.79. The van der Waals surface area contributed by atoms with Crippen molar-refractivity contribution in [2.75, 3.05) is 13.1 Å². The molecular weight excluding hydrogens is 346 g/mol. The van der Waals surface area contributed by atoms with E-state index in [0.29, 0.717) is 9.78 Å². The van der Waals surface area contributed by atoms with E-state index in [-0.39, 0.29) is 30.1 Å². The number of pyridine rings is 1. The van der Waals surface area contributed by atoms with Crippen molar-refractivity contribution in [3.05, 3.63) is 57.4 Å². The Kier molecular flexibility index (Phi) is 5.07. The Morgan fingerprint density at radius 1 is 1.29 bits per heavy atom. The first-order valence-electron chi connectivity index (χ1n) is 7.12. The number of nitrogens with zero attached hydrogens (tertiary/aromatic N) is 2. The summed E-state index contributed by atoms with van der Waals surface area (Å²) in [6.45, 7) is 0.362. The number of carbonyl (C=O) groups is 3. The Labute approximate surface area is 146 Å². The molecule has 1 N–H and O–H groups in total. The Morgan fingerprint density at radius 3 is 2.88 bits per heavy atom.